The largest absolute Gasteiger partial charge is 0.457 e. The van der Waals surface area contributed by atoms with Gasteiger partial charge in [0, 0.05) is 17.1 Å². The van der Waals surface area contributed by atoms with E-state index in [0.717, 1.165) is 5.39 Å². The molecule has 0 atom stereocenters. The van der Waals surface area contributed by atoms with Crippen molar-refractivity contribution in [1.82, 2.24) is 9.78 Å². The van der Waals surface area contributed by atoms with Crippen LogP contribution >= 0.6 is 0 Å². The maximum atomic E-state index is 12.6. The molecule has 0 saturated heterocycles. The summed E-state index contributed by atoms with van der Waals surface area (Å²) < 4.78 is 6.97. The van der Waals surface area contributed by atoms with Crippen molar-refractivity contribution in [2.24, 2.45) is 0 Å². The number of aromatic nitrogens is 2. The molecule has 0 saturated carbocycles. The Balaban J connectivity index is 1.51. The molecule has 29 heavy (non-hydrogen) atoms. The standard InChI is InChI=1S/C23H19N3O3/c1-16-20-12-5-6-13-21(20)23(28)26(25-16)15-22(27)24-17-8-7-11-19(14-17)29-18-9-3-2-4-10-18/h2-14H,15H2,1H3,(H,24,27). The summed E-state index contributed by atoms with van der Waals surface area (Å²) in [6.45, 7) is 1.65. The van der Waals surface area contributed by atoms with Gasteiger partial charge in [-0.15, -0.1) is 0 Å². The van der Waals surface area contributed by atoms with Gasteiger partial charge < -0.3 is 10.1 Å². The van der Waals surface area contributed by atoms with Crippen molar-refractivity contribution in [3.05, 3.63) is 94.9 Å². The van der Waals surface area contributed by atoms with Gasteiger partial charge in [-0.1, -0.05) is 42.5 Å². The average molecular weight is 385 g/mol. The minimum atomic E-state index is -0.342. The van der Waals surface area contributed by atoms with E-state index in [2.05, 4.69) is 10.4 Å². The molecule has 3 aromatic carbocycles. The minimum Gasteiger partial charge on any atom is -0.457 e. The van der Waals surface area contributed by atoms with Crippen LogP contribution < -0.4 is 15.6 Å². The molecule has 1 amide bonds. The van der Waals surface area contributed by atoms with Crippen LogP contribution in [-0.2, 0) is 11.3 Å². The summed E-state index contributed by atoms with van der Waals surface area (Å²) in [5.41, 5.74) is 0.989. The monoisotopic (exact) mass is 385 g/mol. The van der Waals surface area contributed by atoms with Gasteiger partial charge in [0.1, 0.15) is 18.0 Å². The van der Waals surface area contributed by atoms with Gasteiger partial charge in [-0.2, -0.15) is 5.10 Å². The fraction of sp³-hybridized carbons (Fsp3) is 0.0870. The van der Waals surface area contributed by atoms with Gasteiger partial charge >= 0.3 is 0 Å². The van der Waals surface area contributed by atoms with Gasteiger partial charge in [0.05, 0.1) is 11.1 Å². The van der Waals surface area contributed by atoms with Gasteiger partial charge in [-0.3, -0.25) is 9.59 Å². The number of hydrogen-bond donors (Lipinski definition) is 1. The van der Waals surface area contributed by atoms with Crippen molar-refractivity contribution in [2.75, 3.05) is 5.32 Å². The molecular weight excluding hydrogens is 366 g/mol. The number of carbonyl (C=O) groups excluding carboxylic acids is 1. The number of aryl methyl sites for hydroxylation is 1. The van der Waals surface area contributed by atoms with Crippen LogP contribution in [0.25, 0.3) is 10.8 Å². The summed E-state index contributed by atoms with van der Waals surface area (Å²) in [7, 11) is 0. The van der Waals surface area contributed by atoms with Crippen LogP contribution in [0.3, 0.4) is 0 Å². The number of carbonyl (C=O) groups is 1. The Hall–Kier alpha value is -3.93. The third-order valence-electron chi connectivity index (χ3n) is 4.44. The number of rotatable bonds is 5. The Bertz CT molecular complexity index is 1230. The van der Waals surface area contributed by atoms with E-state index in [1.165, 1.54) is 4.68 Å². The maximum Gasteiger partial charge on any atom is 0.275 e. The Morgan fingerprint density at radius 2 is 1.62 bits per heavy atom. The zero-order valence-electron chi connectivity index (χ0n) is 15.8. The first-order valence-electron chi connectivity index (χ1n) is 9.19. The molecule has 0 aliphatic carbocycles. The summed E-state index contributed by atoms with van der Waals surface area (Å²) >= 11 is 0. The van der Waals surface area contributed by atoms with Crippen molar-refractivity contribution in [3.63, 3.8) is 0 Å². The van der Waals surface area contributed by atoms with Crippen molar-refractivity contribution < 1.29 is 9.53 Å². The number of benzene rings is 3. The molecule has 0 aliphatic rings. The Labute approximate surface area is 167 Å². The molecule has 0 unspecified atom stereocenters. The van der Waals surface area contributed by atoms with E-state index >= 15 is 0 Å². The number of ether oxygens (including phenoxy) is 1. The molecule has 1 aromatic heterocycles. The zero-order chi connectivity index (χ0) is 20.2. The predicted octanol–water partition coefficient (Wildman–Crippen LogP) is 4.14. The average Bonchev–Trinajstić information content (AvgIpc) is 2.73. The third-order valence-corrected chi connectivity index (χ3v) is 4.44. The smallest absolute Gasteiger partial charge is 0.275 e. The normalized spacial score (nSPS) is 10.7. The van der Waals surface area contributed by atoms with E-state index in [-0.39, 0.29) is 18.0 Å². The van der Waals surface area contributed by atoms with Crippen molar-refractivity contribution in [3.8, 4) is 11.5 Å². The van der Waals surface area contributed by atoms with Crippen LogP contribution in [0.4, 0.5) is 5.69 Å². The topological polar surface area (TPSA) is 73.2 Å². The first-order valence-corrected chi connectivity index (χ1v) is 9.19. The Morgan fingerprint density at radius 1 is 0.931 bits per heavy atom. The molecule has 1 heterocycles. The lowest BCUT2D eigenvalue weighted by Gasteiger charge is -2.11. The van der Waals surface area contributed by atoms with Gasteiger partial charge in [0.15, 0.2) is 0 Å². The quantitative estimate of drug-likeness (QED) is 0.560. The van der Waals surface area contributed by atoms with Crippen LogP contribution in [-0.4, -0.2) is 15.7 Å². The lowest BCUT2D eigenvalue weighted by atomic mass is 10.1. The molecule has 0 aliphatic heterocycles. The molecular formula is C23H19N3O3. The molecule has 4 rings (SSSR count). The third kappa shape index (κ3) is 4.16. The predicted molar refractivity (Wildman–Crippen MR) is 112 cm³/mol. The summed E-state index contributed by atoms with van der Waals surface area (Å²) in [6.07, 6.45) is 0. The van der Waals surface area contributed by atoms with Crippen LogP contribution in [0.15, 0.2) is 83.7 Å². The molecule has 0 fully saturated rings. The highest BCUT2D eigenvalue weighted by atomic mass is 16.5. The zero-order valence-corrected chi connectivity index (χ0v) is 15.8. The molecule has 1 N–H and O–H groups in total. The van der Waals surface area contributed by atoms with E-state index in [0.29, 0.717) is 28.3 Å². The van der Waals surface area contributed by atoms with Crippen LogP contribution in [0, 0.1) is 6.92 Å². The van der Waals surface area contributed by atoms with Gasteiger partial charge in [-0.25, -0.2) is 4.68 Å². The van der Waals surface area contributed by atoms with Gasteiger partial charge in [0.25, 0.3) is 5.56 Å². The fourth-order valence-corrected chi connectivity index (χ4v) is 3.11. The van der Waals surface area contributed by atoms with Gasteiger partial charge in [-0.05, 0) is 37.3 Å². The Kier molecular flexibility index (Phi) is 5.07. The van der Waals surface area contributed by atoms with Gasteiger partial charge in [0.2, 0.25) is 5.91 Å². The second-order valence-electron chi connectivity index (χ2n) is 6.58. The molecule has 0 spiro atoms. The molecule has 0 radical (unpaired) electrons. The highest BCUT2D eigenvalue weighted by molar-refractivity contribution is 5.91. The van der Waals surface area contributed by atoms with Crippen molar-refractivity contribution in [1.29, 1.82) is 0 Å². The number of nitrogens with zero attached hydrogens (tertiary/aromatic N) is 2. The van der Waals surface area contributed by atoms with Crippen molar-refractivity contribution >= 4 is 22.4 Å². The minimum absolute atomic E-state index is 0.172. The summed E-state index contributed by atoms with van der Waals surface area (Å²) in [5.74, 6) is 0.968. The summed E-state index contributed by atoms with van der Waals surface area (Å²) in [6, 6.07) is 23.7. The number of para-hydroxylation sites is 1. The summed E-state index contributed by atoms with van der Waals surface area (Å²) in [4.78, 5) is 25.1. The van der Waals surface area contributed by atoms with Crippen LogP contribution in [0.5, 0.6) is 11.5 Å². The molecule has 0 bridgehead atoms. The first-order chi connectivity index (χ1) is 14.1. The van der Waals surface area contributed by atoms with E-state index in [4.69, 9.17) is 4.74 Å². The van der Waals surface area contributed by atoms with E-state index in [1.54, 1.807) is 36.4 Å². The molecule has 6 nitrogen and oxygen atoms in total. The highest BCUT2D eigenvalue weighted by Gasteiger charge is 2.11. The maximum absolute atomic E-state index is 12.6. The van der Waals surface area contributed by atoms with E-state index < -0.39 is 0 Å². The first kappa shape index (κ1) is 18.4. The SMILES string of the molecule is Cc1nn(CC(=O)Nc2cccc(Oc3ccccc3)c2)c(=O)c2ccccc12. The number of fused-ring (bicyclic) bond motifs is 1. The van der Waals surface area contributed by atoms with Crippen molar-refractivity contribution in [2.45, 2.75) is 13.5 Å². The molecule has 144 valence electrons. The Morgan fingerprint density at radius 3 is 2.41 bits per heavy atom. The second-order valence-corrected chi connectivity index (χ2v) is 6.58. The van der Waals surface area contributed by atoms with Crippen LogP contribution in [0.1, 0.15) is 5.69 Å². The highest BCUT2D eigenvalue weighted by Crippen LogP contribution is 2.23. The number of hydrogen-bond acceptors (Lipinski definition) is 4. The fourth-order valence-electron chi connectivity index (χ4n) is 3.11. The van der Waals surface area contributed by atoms with E-state index in [9.17, 15) is 9.59 Å². The lowest BCUT2D eigenvalue weighted by molar-refractivity contribution is -0.117. The molecule has 6 heteroatoms. The number of amides is 1. The number of anilines is 1. The van der Waals surface area contributed by atoms with E-state index in [1.807, 2.05) is 49.4 Å². The summed E-state index contributed by atoms with van der Waals surface area (Å²) in [5, 5.41) is 8.41. The van der Waals surface area contributed by atoms with Crippen LogP contribution in [0.2, 0.25) is 0 Å². The molecule has 4 aromatic rings. The number of nitrogens with one attached hydrogen (secondary N) is 1. The lowest BCUT2D eigenvalue weighted by Crippen LogP contribution is -2.30. The second kappa shape index (κ2) is 7.98.